The number of rotatable bonds is 30. The molecule has 0 aromatic heterocycles. The van der Waals surface area contributed by atoms with E-state index in [-0.39, 0.29) is 55.9 Å². The van der Waals surface area contributed by atoms with Crippen molar-refractivity contribution < 1.29 is 58.3 Å². The maximum atomic E-state index is 11.0. The van der Waals surface area contributed by atoms with Crippen molar-refractivity contribution in [3.63, 3.8) is 0 Å². The number of ether oxygens (including phenoxy) is 3. The van der Waals surface area contributed by atoms with Crippen molar-refractivity contribution in [3.05, 3.63) is 0 Å². The number of aliphatic carboxylic acids is 3. The smallest absolute Gasteiger partial charge is 0.550 e. The molecule has 0 rings (SSSR count). The summed E-state index contributed by atoms with van der Waals surface area (Å²) in [6.07, 6.45) is 19.4. The molecule has 13 heteroatoms. The van der Waals surface area contributed by atoms with Crippen LogP contribution in [0.3, 0.4) is 0 Å². The summed E-state index contributed by atoms with van der Waals surface area (Å²) in [5.74, 6) is -4.97. The van der Waals surface area contributed by atoms with Gasteiger partial charge in [-0.05, 0) is 38.5 Å². The third-order valence-electron chi connectivity index (χ3n) is 6.88. The zero-order valence-corrected chi connectivity index (χ0v) is 31.7. The Hall–Kier alpha value is -2.65. The van der Waals surface area contributed by atoms with Gasteiger partial charge in [0, 0.05) is 17.9 Å². The number of hydrogen-bond acceptors (Lipinski definition) is 12. The Morgan fingerprint density at radius 2 is 0.551 bits per heavy atom. The van der Waals surface area contributed by atoms with Crippen LogP contribution in [0.25, 0.3) is 0 Å². The molecule has 0 aliphatic carbocycles. The molecule has 0 spiro atoms. The van der Waals surface area contributed by atoms with Crippen LogP contribution in [0.1, 0.15) is 175 Å². The van der Waals surface area contributed by atoms with Crippen LogP contribution in [0.5, 0.6) is 0 Å². The third-order valence-corrected chi connectivity index (χ3v) is 6.88. The molecule has 0 saturated carbocycles. The van der Waals surface area contributed by atoms with Gasteiger partial charge in [0.25, 0.3) is 0 Å². The van der Waals surface area contributed by atoms with E-state index in [0.29, 0.717) is 19.8 Å². The molecule has 0 radical (unpaired) electrons. The Bertz CT molecular complexity index is 715. The van der Waals surface area contributed by atoms with Gasteiger partial charge in [-0.2, -0.15) is 0 Å². The second-order valence-electron chi connectivity index (χ2n) is 11.6. The quantitative estimate of drug-likeness (QED) is 0.0451. The summed E-state index contributed by atoms with van der Waals surface area (Å²) in [4.78, 5) is 63.1. The average molecular weight is 715 g/mol. The molecule has 0 amide bonds. The molecule has 0 unspecified atom stereocenters. The van der Waals surface area contributed by atoms with E-state index in [1.54, 1.807) is 0 Å². The fourth-order valence-electron chi connectivity index (χ4n) is 4.03. The van der Waals surface area contributed by atoms with Gasteiger partial charge in [-0.15, -0.1) is 0 Å². The van der Waals surface area contributed by atoms with Crippen molar-refractivity contribution in [2.45, 2.75) is 175 Å². The Morgan fingerprint density at radius 1 is 0.347 bits per heavy atom. The van der Waals surface area contributed by atoms with E-state index < -0.39 is 35.8 Å². The Morgan fingerprint density at radius 3 is 0.755 bits per heavy atom. The number of carboxylic acid groups (broad SMARTS) is 3. The van der Waals surface area contributed by atoms with Gasteiger partial charge >= 0.3 is 35.3 Å². The van der Waals surface area contributed by atoms with Gasteiger partial charge in [0.05, 0.1) is 39.1 Å². The third kappa shape index (κ3) is 55.0. The first-order valence-corrected chi connectivity index (χ1v) is 18.1. The molecule has 12 nitrogen and oxygen atoms in total. The van der Waals surface area contributed by atoms with E-state index in [0.717, 1.165) is 38.5 Å². The summed E-state index contributed by atoms with van der Waals surface area (Å²) < 4.78 is 14.6. The van der Waals surface area contributed by atoms with Crippen molar-refractivity contribution in [2.24, 2.45) is 0 Å². The van der Waals surface area contributed by atoms with Crippen molar-refractivity contribution in [3.8, 4) is 0 Å². The Balaban J connectivity index is -0.000000307. The molecular weight excluding hydrogens is 651 g/mol. The number of esters is 3. The van der Waals surface area contributed by atoms with E-state index in [1.165, 1.54) is 77.0 Å². The standard InChI is InChI=1S/3C12H22O4.Al/c3*1-2-3-4-5-6-7-10-16-12(15)9-8-11(13)14;/h3*2-10H2,1H3,(H,13,14);/q;;;+3/p-3. The summed E-state index contributed by atoms with van der Waals surface area (Å²) in [7, 11) is 0. The minimum atomic E-state index is -1.21. The molecule has 0 aromatic rings. The van der Waals surface area contributed by atoms with Gasteiger partial charge in [-0.1, -0.05) is 117 Å². The van der Waals surface area contributed by atoms with Gasteiger partial charge in [0.15, 0.2) is 0 Å². The van der Waals surface area contributed by atoms with Gasteiger partial charge in [0.1, 0.15) is 0 Å². The second kappa shape index (κ2) is 43.4. The first kappa shape index (κ1) is 53.2. The van der Waals surface area contributed by atoms with Crippen molar-refractivity contribution in [2.75, 3.05) is 19.8 Å². The number of carboxylic acids is 3. The number of carbonyl (C=O) groups excluding carboxylic acids is 6. The summed E-state index contributed by atoms with van der Waals surface area (Å²) in [6, 6.07) is 0. The minimum absolute atomic E-state index is 0. The zero-order chi connectivity index (χ0) is 36.7. The normalized spacial score (nSPS) is 9.86. The predicted molar refractivity (Wildman–Crippen MR) is 181 cm³/mol. The van der Waals surface area contributed by atoms with Crippen LogP contribution >= 0.6 is 0 Å². The predicted octanol–water partition coefficient (Wildman–Crippen LogP) is 3.88. The summed E-state index contributed by atoms with van der Waals surface area (Å²) >= 11 is 0. The van der Waals surface area contributed by atoms with Crippen LogP contribution in [0, 0.1) is 0 Å². The fraction of sp³-hybridized carbons (Fsp3) is 0.833. The summed E-state index contributed by atoms with van der Waals surface area (Å²) in [5, 5.41) is 30.2. The van der Waals surface area contributed by atoms with E-state index >= 15 is 0 Å². The maximum absolute atomic E-state index is 11.0. The minimum Gasteiger partial charge on any atom is -0.550 e. The molecule has 49 heavy (non-hydrogen) atoms. The number of carbonyl (C=O) groups is 6. The second-order valence-corrected chi connectivity index (χ2v) is 11.6. The number of hydrogen-bond donors (Lipinski definition) is 0. The van der Waals surface area contributed by atoms with E-state index in [9.17, 15) is 44.1 Å². The van der Waals surface area contributed by atoms with Crippen LogP contribution in [0.15, 0.2) is 0 Å². The van der Waals surface area contributed by atoms with E-state index in [1.807, 2.05) is 0 Å². The Labute approximate surface area is 305 Å². The zero-order valence-electron chi connectivity index (χ0n) is 30.6. The molecule has 0 N–H and O–H groups in total. The van der Waals surface area contributed by atoms with Crippen LogP contribution in [0.4, 0.5) is 0 Å². The average Bonchev–Trinajstić information content (AvgIpc) is 3.04. The topological polar surface area (TPSA) is 199 Å². The van der Waals surface area contributed by atoms with Gasteiger partial charge in [0.2, 0.25) is 0 Å². The van der Waals surface area contributed by atoms with Gasteiger partial charge in [-0.3, -0.25) is 14.4 Å². The van der Waals surface area contributed by atoms with Crippen molar-refractivity contribution in [1.29, 1.82) is 0 Å². The Kier molecular flexibility index (Phi) is 47.0. The maximum Gasteiger partial charge on any atom is 3.00 e. The molecule has 0 atom stereocenters. The first-order valence-electron chi connectivity index (χ1n) is 18.1. The summed E-state index contributed by atoms with van der Waals surface area (Å²) in [6.45, 7) is 7.70. The molecular formula is C36H63AlO12. The van der Waals surface area contributed by atoms with E-state index in [2.05, 4.69) is 20.8 Å². The van der Waals surface area contributed by atoms with Crippen LogP contribution in [-0.2, 0) is 43.0 Å². The van der Waals surface area contributed by atoms with Crippen molar-refractivity contribution in [1.82, 2.24) is 0 Å². The fourth-order valence-corrected chi connectivity index (χ4v) is 4.03. The number of unbranched alkanes of at least 4 members (excludes halogenated alkanes) is 15. The van der Waals surface area contributed by atoms with Crippen molar-refractivity contribution >= 4 is 53.2 Å². The molecule has 0 saturated heterocycles. The molecule has 0 aliphatic rings. The van der Waals surface area contributed by atoms with Gasteiger partial charge in [-0.25, -0.2) is 0 Å². The van der Waals surface area contributed by atoms with E-state index in [4.69, 9.17) is 14.2 Å². The molecule has 282 valence electrons. The monoisotopic (exact) mass is 714 g/mol. The van der Waals surface area contributed by atoms with Gasteiger partial charge < -0.3 is 43.9 Å². The first-order chi connectivity index (χ1) is 23.0. The molecule has 0 bridgehead atoms. The molecule has 0 aliphatic heterocycles. The van der Waals surface area contributed by atoms with Crippen LogP contribution in [0.2, 0.25) is 0 Å². The van der Waals surface area contributed by atoms with Crippen LogP contribution in [-0.4, -0.2) is 73.0 Å². The van der Waals surface area contributed by atoms with Crippen LogP contribution < -0.4 is 15.3 Å². The molecule has 0 heterocycles. The SMILES string of the molecule is CCCCCCCCOC(=O)CCC(=O)[O-].CCCCCCCCOC(=O)CCC(=O)[O-].CCCCCCCCOC(=O)CCC(=O)[O-].[Al+3]. The largest absolute Gasteiger partial charge is 3.00 e. The molecule has 0 aromatic carbocycles. The summed E-state index contributed by atoms with van der Waals surface area (Å²) in [5.41, 5.74) is 0. The molecule has 0 fully saturated rings.